The Morgan fingerprint density at radius 1 is 1.22 bits per heavy atom. The minimum absolute atomic E-state index is 0.00412. The van der Waals surface area contributed by atoms with Crippen LogP contribution in [0, 0.1) is 5.82 Å². The number of hydrogen-bond donors (Lipinski definition) is 1. The van der Waals surface area contributed by atoms with Crippen molar-refractivity contribution in [1.29, 1.82) is 0 Å². The zero-order valence-corrected chi connectivity index (χ0v) is 22.0. The van der Waals surface area contributed by atoms with Gasteiger partial charge < -0.3 is 19.5 Å². The largest absolute Gasteiger partial charge is 0.491 e. The summed E-state index contributed by atoms with van der Waals surface area (Å²) >= 11 is 1.69. The Bertz CT molecular complexity index is 1130. The van der Waals surface area contributed by atoms with Crippen LogP contribution in [0.25, 0.3) is 0 Å². The van der Waals surface area contributed by atoms with Gasteiger partial charge in [-0.1, -0.05) is 43.3 Å². The van der Waals surface area contributed by atoms with Gasteiger partial charge in [0.1, 0.15) is 18.2 Å². The first kappa shape index (κ1) is 27.3. The van der Waals surface area contributed by atoms with E-state index >= 15 is 0 Å². The maximum Gasteiger partial charge on any atom is 0.237 e. The van der Waals surface area contributed by atoms with E-state index in [1.807, 2.05) is 45.5 Å². The third-order valence-corrected chi connectivity index (χ3v) is 7.41. The molecule has 3 aromatic rings. The molecule has 0 radical (unpaired) electrons. The molecule has 8 heteroatoms. The number of thiophene rings is 1. The molecule has 2 atom stereocenters. The van der Waals surface area contributed by atoms with Crippen LogP contribution in [0.4, 0.5) is 4.39 Å². The number of aliphatic hydroxyl groups is 1. The van der Waals surface area contributed by atoms with Gasteiger partial charge in [-0.15, -0.1) is 11.3 Å². The molecule has 1 aliphatic rings. The summed E-state index contributed by atoms with van der Waals surface area (Å²) in [4.78, 5) is 18.7. The van der Waals surface area contributed by atoms with Crippen LogP contribution in [0.5, 0.6) is 5.75 Å². The molecule has 198 valence electrons. The molecule has 0 spiro atoms. The number of carbonyl (C=O) groups excluding carboxylic acids is 1. The second-order valence-corrected chi connectivity index (χ2v) is 10.3. The van der Waals surface area contributed by atoms with Gasteiger partial charge in [-0.05, 0) is 54.1 Å². The Morgan fingerprint density at radius 2 is 2.05 bits per heavy atom. The summed E-state index contributed by atoms with van der Waals surface area (Å²) in [5, 5.41) is 12.6. The molecular weight excluding hydrogens is 491 g/mol. The molecule has 0 fully saturated rings. The number of aliphatic hydroxyl groups excluding tert-OH is 1. The van der Waals surface area contributed by atoms with Crippen LogP contribution in [0.2, 0.25) is 0 Å². The second kappa shape index (κ2) is 13.7. The highest BCUT2D eigenvalue weighted by molar-refractivity contribution is 7.10. The third kappa shape index (κ3) is 7.85. The monoisotopic (exact) mass is 526 g/mol. The maximum absolute atomic E-state index is 13.6. The van der Waals surface area contributed by atoms with Gasteiger partial charge >= 0.3 is 0 Å². The van der Waals surface area contributed by atoms with Gasteiger partial charge in [0.25, 0.3) is 0 Å². The molecule has 2 aromatic carbocycles. The van der Waals surface area contributed by atoms with Crippen LogP contribution in [0.15, 0.2) is 66.0 Å². The van der Waals surface area contributed by atoms with Crippen molar-refractivity contribution in [2.45, 2.75) is 38.5 Å². The topological polar surface area (TPSA) is 62.2 Å². The average molecular weight is 527 g/mol. The number of amides is 1. The molecule has 0 aliphatic carbocycles. The van der Waals surface area contributed by atoms with Crippen molar-refractivity contribution in [2.75, 3.05) is 39.4 Å². The van der Waals surface area contributed by atoms with Crippen LogP contribution in [0.1, 0.15) is 35.4 Å². The maximum atomic E-state index is 13.6. The number of benzene rings is 2. The van der Waals surface area contributed by atoms with Gasteiger partial charge in [-0.3, -0.25) is 9.69 Å². The van der Waals surface area contributed by atoms with E-state index < -0.39 is 6.10 Å². The van der Waals surface area contributed by atoms with Crippen LogP contribution in [-0.4, -0.2) is 66.3 Å². The van der Waals surface area contributed by atoms with Crippen molar-refractivity contribution in [3.05, 3.63) is 87.9 Å². The van der Waals surface area contributed by atoms with Crippen LogP contribution in [0.3, 0.4) is 0 Å². The lowest BCUT2D eigenvalue weighted by atomic mass is 10.0. The molecule has 0 saturated carbocycles. The van der Waals surface area contributed by atoms with Gasteiger partial charge in [0.05, 0.1) is 31.9 Å². The minimum atomic E-state index is -0.694. The van der Waals surface area contributed by atoms with E-state index in [1.54, 1.807) is 23.5 Å². The van der Waals surface area contributed by atoms with Crippen molar-refractivity contribution in [1.82, 2.24) is 9.80 Å². The number of carbonyl (C=O) groups is 1. The fraction of sp³-hybridized carbons (Fsp3) is 0.414. The summed E-state index contributed by atoms with van der Waals surface area (Å²) < 4.78 is 25.3. The Hall–Kier alpha value is -2.78. The molecule has 1 aromatic heterocycles. The molecule has 1 amide bonds. The van der Waals surface area contributed by atoms with E-state index in [2.05, 4.69) is 13.0 Å². The zero-order chi connectivity index (χ0) is 26.0. The molecule has 6 nitrogen and oxygen atoms in total. The Morgan fingerprint density at radius 3 is 2.84 bits per heavy atom. The number of halogens is 1. The van der Waals surface area contributed by atoms with Crippen molar-refractivity contribution >= 4 is 17.2 Å². The summed E-state index contributed by atoms with van der Waals surface area (Å²) in [6.07, 6.45) is 0.977. The highest BCUT2D eigenvalue weighted by atomic mass is 32.1. The molecule has 1 N–H and O–H groups in total. The standard InChI is InChI=1S/C29H35FN2O4S/c1-2-13-31(17-24(33)20-35-19-22-7-4-3-5-8-22)18-29(34)32-14-11-28-26(12-15-37-28)27(32)21-36-25-10-6-9-23(30)16-25/h3-10,12,15-16,24,27,33H,2,11,13-14,17-21H2,1H3/t24-,27-/m1/s1. The van der Waals surface area contributed by atoms with E-state index in [9.17, 15) is 14.3 Å². The quantitative estimate of drug-likeness (QED) is 0.350. The smallest absolute Gasteiger partial charge is 0.237 e. The van der Waals surface area contributed by atoms with Crippen molar-refractivity contribution in [2.24, 2.45) is 0 Å². The van der Waals surface area contributed by atoms with Crippen molar-refractivity contribution in [3.63, 3.8) is 0 Å². The SMILES string of the molecule is CCCN(CC(=O)N1CCc2sccc2[C@H]1COc1cccc(F)c1)C[C@@H](O)COCc1ccccc1. The first-order chi connectivity index (χ1) is 18.0. The van der Waals surface area contributed by atoms with Crippen LogP contribution in [-0.2, 0) is 22.6 Å². The van der Waals surface area contributed by atoms with E-state index in [4.69, 9.17) is 9.47 Å². The fourth-order valence-electron chi connectivity index (χ4n) is 4.68. The molecule has 4 rings (SSSR count). The first-order valence-corrected chi connectivity index (χ1v) is 13.7. The van der Waals surface area contributed by atoms with Gasteiger partial charge in [-0.2, -0.15) is 0 Å². The number of fused-ring (bicyclic) bond motifs is 1. The summed E-state index contributed by atoms with van der Waals surface area (Å²) in [7, 11) is 0. The van der Waals surface area contributed by atoms with E-state index in [0.717, 1.165) is 24.0 Å². The number of rotatable bonds is 13. The zero-order valence-electron chi connectivity index (χ0n) is 21.2. The molecule has 0 saturated heterocycles. The Labute approximate surface area is 222 Å². The van der Waals surface area contributed by atoms with Gasteiger partial charge in [0, 0.05) is 24.0 Å². The Balaban J connectivity index is 1.35. The van der Waals surface area contributed by atoms with Crippen LogP contribution >= 0.6 is 11.3 Å². The summed E-state index contributed by atoms with van der Waals surface area (Å²) in [5.41, 5.74) is 2.15. The predicted octanol–water partition coefficient (Wildman–Crippen LogP) is 4.68. The summed E-state index contributed by atoms with van der Waals surface area (Å²) in [5.74, 6) is 0.0864. The lowest BCUT2D eigenvalue weighted by Gasteiger charge is -2.37. The lowest BCUT2D eigenvalue weighted by molar-refractivity contribution is -0.136. The summed E-state index contributed by atoms with van der Waals surface area (Å²) in [6, 6.07) is 17.7. The van der Waals surface area contributed by atoms with Crippen molar-refractivity contribution in [3.8, 4) is 5.75 Å². The third-order valence-electron chi connectivity index (χ3n) is 6.41. The van der Waals surface area contributed by atoms with Crippen molar-refractivity contribution < 1.29 is 23.8 Å². The highest BCUT2D eigenvalue weighted by Crippen LogP contribution is 2.34. The molecule has 0 bridgehead atoms. The van der Waals surface area contributed by atoms with E-state index in [1.165, 1.54) is 17.0 Å². The van der Waals surface area contributed by atoms with E-state index in [0.29, 0.717) is 32.0 Å². The van der Waals surface area contributed by atoms with Gasteiger partial charge in [0.15, 0.2) is 0 Å². The van der Waals surface area contributed by atoms with E-state index in [-0.39, 0.29) is 37.5 Å². The fourth-order valence-corrected chi connectivity index (χ4v) is 5.61. The molecule has 2 heterocycles. The predicted molar refractivity (Wildman–Crippen MR) is 143 cm³/mol. The molecule has 37 heavy (non-hydrogen) atoms. The normalized spacial score (nSPS) is 16.0. The minimum Gasteiger partial charge on any atom is -0.491 e. The second-order valence-electron chi connectivity index (χ2n) is 9.31. The number of hydrogen-bond acceptors (Lipinski definition) is 6. The van der Waals surface area contributed by atoms with Gasteiger partial charge in [-0.25, -0.2) is 4.39 Å². The van der Waals surface area contributed by atoms with Crippen LogP contribution < -0.4 is 4.74 Å². The number of ether oxygens (including phenoxy) is 2. The molecule has 0 unspecified atom stereocenters. The summed E-state index contributed by atoms with van der Waals surface area (Å²) in [6.45, 7) is 4.82. The average Bonchev–Trinajstić information content (AvgIpc) is 3.37. The first-order valence-electron chi connectivity index (χ1n) is 12.8. The molecular formula is C29H35FN2O4S. The lowest BCUT2D eigenvalue weighted by Crippen LogP contribution is -2.48. The van der Waals surface area contributed by atoms with Gasteiger partial charge in [0.2, 0.25) is 5.91 Å². The number of nitrogens with zero attached hydrogens (tertiary/aromatic N) is 2. The highest BCUT2D eigenvalue weighted by Gasteiger charge is 2.33. The Kier molecular flexibility index (Phi) is 10.1. The molecule has 1 aliphatic heterocycles.